The number of carbonyl (C=O) groups excluding carboxylic acids is 1. The number of methoxy groups -OCH3 is 1. The fraction of sp³-hybridized carbons (Fsp3) is 0.167. The molecule has 19 heavy (non-hydrogen) atoms. The Hall–Kier alpha value is -1.72. The Morgan fingerprint density at radius 2 is 2.11 bits per heavy atom. The minimum Gasteiger partial charge on any atom is -0.494 e. The molecule has 2 rings (SSSR count). The zero-order valence-corrected chi connectivity index (χ0v) is 11.7. The van der Waals surface area contributed by atoms with Gasteiger partial charge in [-0.2, -0.15) is 0 Å². The molecule has 1 heterocycles. The first kappa shape index (κ1) is 13.7. The van der Waals surface area contributed by atoms with Crippen molar-refractivity contribution < 1.29 is 14.1 Å². The zero-order chi connectivity index (χ0) is 14.0. The fourth-order valence-corrected chi connectivity index (χ4v) is 2.12. The van der Waals surface area contributed by atoms with Crippen LogP contribution in [0.5, 0.6) is 5.75 Å². The maximum absolute atomic E-state index is 12.1. The number of amides is 1. The topological polar surface area (TPSA) is 64.4 Å². The van der Waals surface area contributed by atoms with Crippen LogP contribution in [0.15, 0.2) is 22.7 Å². The van der Waals surface area contributed by atoms with E-state index in [4.69, 9.17) is 32.5 Å². The Labute approximate surface area is 119 Å². The van der Waals surface area contributed by atoms with Crippen molar-refractivity contribution in [3.63, 3.8) is 0 Å². The number of benzene rings is 1. The molecular formula is C12H10Cl2N2O3. The van der Waals surface area contributed by atoms with Crippen LogP contribution < -0.4 is 10.1 Å². The molecule has 0 spiro atoms. The molecule has 100 valence electrons. The molecule has 0 aliphatic carbocycles. The van der Waals surface area contributed by atoms with Crippen molar-refractivity contribution in [3.05, 3.63) is 39.6 Å². The van der Waals surface area contributed by atoms with Gasteiger partial charge in [0.05, 0.1) is 17.7 Å². The van der Waals surface area contributed by atoms with Gasteiger partial charge in [0.2, 0.25) is 0 Å². The second kappa shape index (κ2) is 5.50. The van der Waals surface area contributed by atoms with Crippen molar-refractivity contribution in [2.24, 2.45) is 0 Å². The van der Waals surface area contributed by atoms with E-state index < -0.39 is 5.91 Å². The summed E-state index contributed by atoms with van der Waals surface area (Å²) in [5, 5.41) is 6.84. The first-order valence-corrected chi connectivity index (χ1v) is 6.04. The van der Waals surface area contributed by atoms with Crippen LogP contribution in [0.3, 0.4) is 0 Å². The molecule has 2 aromatic rings. The van der Waals surface area contributed by atoms with Crippen LogP contribution in [0.4, 0.5) is 5.82 Å². The van der Waals surface area contributed by atoms with Crippen LogP contribution in [0.1, 0.15) is 16.1 Å². The zero-order valence-electron chi connectivity index (χ0n) is 10.2. The predicted octanol–water partition coefficient (Wildman–Crippen LogP) is 3.55. The molecule has 1 aromatic heterocycles. The van der Waals surface area contributed by atoms with Gasteiger partial charge in [-0.25, -0.2) is 0 Å². The lowest BCUT2D eigenvalue weighted by atomic mass is 10.2. The smallest absolute Gasteiger partial charge is 0.260 e. The first-order valence-electron chi connectivity index (χ1n) is 5.29. The van der Waals surface area contributed by atoms with Crippen LogP contribution >= 0.6 is 23.2 Å². The van der Waals surface area contributed by atoms with Crippen LogP contribution in [0, 0.1) is 6.92 Å². The number of hydrogen-bond donors (Lipinski definition) is 1. The van der Waals surface area contributed by atoms with Gasteiger partial charge in [-0.15, -0.1) is 0 Å². The summed E-state index contributed by atoms with van der Waals surface area (Å²) in [6.45, 7) is 1.72. The third kappa shape index (κ3) is 3.00. The summed E-state index contributed by atoms with van der Waals surface area (Å²) in [4.78, 5) is 12.1. The van der Waals surface area contributed by atoms with E-state index in [2.05, 4.69) is 10.5 Å². The van der Waals surface area contributed by atoms with Gasteiger partial charge in [-0.05, 0) is 19.1 Å². The van der Waals surface area contributed by atoms with Crippen LogP contribution in [-0.2, 0) is 0 Å². The molecule has 7 heteroatoms. The highest BCUT2D eigenvalue weighted by Gasteiger charge is 2.17. The molecule has 0 aliphatic rings. The van der Waals surface area contributed by atoms with Crippen molar-refractivity contribution >= 4 is 34.9 Å². The molecule has 0 aliphatic heterocycles. The van der Waals surface area contributed by atoms with Gasteiger partial charge in [-0.1, -0.05) is 28.4 Å². The van der Waals surface area contributed by atoms with E-state index in [1.54, 1.807) is 13.0 Å². The Balaban J connectivity index is 2.33. The number of anilines is 1. The maximum Gasteiger partial charge on any atom is 0.260 e. The second-order valence-electron chi connectivity index (χ2n) is 3.75. The predicted molar refractivity (Wildman–Crippen MR) is 72.2 cm³/mol. The Morgan fingerprint density at radius 3 is 2.68 bits per heavy atom. The SMILES string of the molecule is COc1c(Cl)cc(Cl)cc1C(=O)Nc1cc(C)on1. The highest BCUT2D eigenvalue weighted by Crippen LogP contribution is 2.32. The highest BCUT2D eigenvalue weighted by molar-refractivity contribution is 6.36. The largest absolute Gasteiger partial charge is 0.494 e. The standard InChI is InChI=1S/C12H10Cl2N2O3/c1-6-3-10(16-19-6)15-12(17)8-4-7(13)5-9(14)11(8)18-2/h3-5H,1-2H3,(H,15,16,17). The number of halogens is 2. The molecule has 0 atom stereocenters. The van der Waals surface area contributed by atoms with Gasteiger partial charge in [-0.3, -0.25) is 4.79 Å². The molecular weight excluding hydrogens is 291 g/mol. The fourth-order valence-electron chi connectivity index (χ4n) is 1.55. The summed E-state index contributed by atoms with van der Waals surface area (Å²) in [5.74, 6) is 0.713. The molecule has 0 saturated carbocycles. The molecule has 1 aromatic carbocycles. The normalized spacial score (nSPS) is 10.3. The van der Waals surface area contributed by atoms with Gasteiger partial charge in [0, 0.05) is 11.1 Å². The molecule has 1 amide bonds. The second-order valence-corrected chi connectivity index (χ2v) is 4.59. The number of hydrogen-bond acceptors (Lipinski definition) is 4. The average Bonchev–Trinajstić information content (AvgIpc) is 2.73. The summed E-state index contributed by atoms with van der Waals surface area (Å²) in [6, 6.07) is 4.56. The Bertz CT molecular complexity index is 625. The van der Waals surface area contributed by atoms with Crippen molar-refractivity contribution in [2.75, 3.05) is 12.4 Å². The van der Waals surface area contributed by atoms with Crippen LogP contribution in [0.25, 0.3) is 0 Å². The Morgan fingerprint density at radius 1 is 1.37 bits per heavy atom. The lowest BCUT2D eigenvalue weighted by Gasteiger charge is -2.10. The molecule has 0 bridgehead atoms. The number of rotatable bonds is 3. The third-order valence-corrected chi connectivity index (χ3v) is 2.83. The quantitative estimate of drug-likeness (QED) is 0.941. The van der Waals surface area contributed by atoms with E-state index in [0.717, 1.165) is 0 Å². The molecule has 0 fully saturated rings. The van der Waals surface area contributed by atoms with Crippen molar-refractivity contribution in [3.8, 4) is 5.75 Å². The summed E-state index contributed by atoms with van der Waals surface area (Å²) < 4.78 is 9.96. The number of aryl methyl sites for hydroxylation is 1. The first-order chi connectivity index (χ1) is 9.01. The van der Waals surface area contributed by atoms with Crippen LogP contribution in [-0.4, -0.2) is 18.2 Å². The highest BCUT2D eigenvalue weighted by atomic mass is 35.5. The van der Waals surface area contributed by atoms with Crippen molar-refractivity contribution in [2.45, 2.75) is 6.92 Å². The lowest BCUT2D eigenvalue weighted by molar-refractivity contribution is 0.102. The number of nitrogens with zero attached hydrogens (tertiary/aromatic N) is 1. The summed E-state index contributed by atoms with van der Waals surface area (Å²) in [6.07, 6.45) is 0. The maximum atomic E-state index is 12.1. The molecule has 0 unspecified atom stereocenters. The molecule has 0 saturated heterocycles. The molecule has 0 radical (unpaired) electrons. The van der Waals surface area contributed by atoms with Gasteiger partial charge in [0.25, 0.3) is 5.91 Å². The average molecular weight is 301 g/mol. The lowest BCUT2D eigenvalue weighted by Crippen LogP contribution is -2.13. The third-order valence-electron chi connectivity index (χ3n) is 2.33. The van der Waals surface area contributed by atoms with Gasteiger partial charge in [0.1, 0.15) is 11.5 Å². The number of ether oxygens (including phenoxy) is 1. The molecule has 5 nitrogen and oxygen atoms in total. The van der Waals surface area contributed by atoms with Crippen molar-refractivity contribution in [1.82, 2.24) is 5.16 Å². The molecule has 1 N–H and O–H groups in total. The van der Waals surface area contributed by atoms with E-state index in [1.807, 2.05) is 0 Å². The minimum atomic E-state index is -0.436. The van der Waals surface area contributed by atoms with Gasteiger partial charge < -0.3 is 14.6 Å². The van der Waals surface area contributed by atoms with Crippen molar-refractivity contribution in [1.29, 1.82) is 0 Å². The Kier molecular flexibility index (Phi) is 3.97. The van der Waals surface area contributed by atoms with E-state index in [0.29, 0.717) is 16.6 Å². The number of nitrogens with one attached hydrogen (secondary N) is 1. The van der Waals surface area contributed by atoms with Gasteiger partial charge in [0.15, 0.2) is 5.82 Å². The summed E-state index contributed by atoms with van der Waals surface area (Å²) >= 11 is 11.8. The minimum absolute atomic E-state index is 0.223. The number of aromatic nitrogens is 1. The van der Waals surface area contributed by atoms with E-state index in [9.17, 15) is 4.79 Å². The number of carbonyl (C=O) groups is 1. The van der Waals surface area contributed by atoms with Crippen LogP contribution in [0.2, 0.25) is 10.0 Å². The summed E-state index contributed by atoms with van der Waals surface area (Å²) in [7, 11) is 1.42. The monoisotopic (exact) mass is 300 g/mol. The van der Waals surface area contributed by atoms with E-state index in [1.165, 1.54) is 19.2 Å². The van der Waals surface area contributed by atoms with E-state index >= 15 is 0 Å². The van der Waals surface area contributed by atoms with E-state index in [-0.39, 0.29) is 16.3 Å². The summed E-state index contributed by atoms with van der Waals surface area (Å²) in [5.41, 5.74) is 0.223. The van der Waals surface area contributed by atoms with Gasteiger partial charge >= 0.3 is 0 Å².